The van der Waals surface area contributed by atoms with E-state index < -0.39 is 35.7 Å². The first-order chi connectivity index (χ1) is 18.2. The van der Waals surface area contributed by atoms with Gasteiger partial charge in [0.05, 0.1) is 21.7 Å². The molecule has 0 spiro atoms. The molecular formula is C25H14F3N5O3S2. The average molecular weight is 554 g/mol. The number of nitrogens with zero attached hydrogens (tertiary/aromatic N) is 4. The van der Waals surface area contributed by atoms with Crippen molar-refractivity contribution in [3.05, 3.63) is 92.1 Å². The van der Waals surface area contributed by atoms with E-state index in [0.29, 0.717) is 22.0 Å². The Hall–Kier alpha value is -4.36. The van der Waals surface area contributed by atoms with Crippen molar-refractivity contribution in [1.82, 2.24) is 14.6 Å². The zero-order chi connectivity index (χ0) is 26.6. The van der Waals surface area contributed by atoms with Gasteiger partial charge >= 0.3 is 6.18 Å². The number of hydrogen-bond donors (Lipinski definition) is 1. The van der Waals surface area contributed by atoms with E-state index in [4.69, 9.17) is 0 Å². The number of anilines is 2. The van der Waals surface area contributed by atoms with E-state index in [9.17, 15) is 27.6 Å². The minimum absolute atomic E-state index is 0.0529. The number of nitrogens with one attached hydrogen (secondary N) is 1. The Morgan fingerprint density at radius 1 is 1.03 bits per heavy atom. The summed E-state index contributed by atoms with van der Waals surface area (Å²) in [4.78, 5) is 46.3. The lowest BCUT2D eigenvalue weighted by molar-refractivity contribution is -0.137. The van der Waals surface area contributed by atoms with E-state index in [2.05, 4.69) is 15.4 Å². The lowest BCUT2D eigenvalue weighted by Gasteiger charge is -2.17. The lowest BCUT2D eigenvalue weighted by Crippen LogP contribution is -2.37. The molecule has 0 saturated carbocycles. The second-order valence-electron chi connectivity index (χ2n) is 8.25. The summed E-state index contributed by atoms with van der Waals surface area (Å²) in [6.07, 6.45) is -4.57. The number of fused-ring (bicyclic) bond motifs is 2. The van der Waals surface area contributed by atoms with Crippen LogP contribution in [-0.4, -0.2) is 33.0 Å². The maximum absolute atomic E-state index is 13.5. The minimum Gasteiger partial charge on any atom is -0.325 e. The summed E-state index contributed by atoms with van der Waals surface area (Å²) in [6.45, 7) is -0.465. The molecule has 4 heterocycles. The third-order valence-corrected chi connectivity index (χ3v) is 7.72. The Bertz CT molecular complexity index is 1840. The highest BCUT2D eigenvalue weighted by molar-refractivity contribution is 7.15. The Kier molecular flexibility index (Phi) is 5.61. The number of halogens is 3. The zero-order valence-electron chi connectivity index (χ0n) is 19.0. The quantitative estimate of drug-likeness (QED) is 0.365. The van der Waals surface area contributed by atoms with Crippen LogP contribution in [0, 0.1) is 0 Å². The van der Waals surface area contributed by atoms with E-state index in [1.807, 2.05) is 17.5 Å². The molecule has 0 fully saturated rings. The number of thiazole rings is 1. The zero-order valence-corrected chi connectivity index (χ0v) is 20.7. The average Bonchev–Trinajstić information content (AvgIpc) is 3.65. The van der Waals surface area contributed by atoms with E-state index in [-0.39, 0.29) is 15.8 Å². The predicted molar refractivity (Wildman–Crippen MR) is 137 cm³/mol. The SMILES string of the molecule is O=C(CN1C(=O)/C(=c2\sc3nc(-c4cccs4)nn3c2=O)c2ccccc21)Nc1cccc(C(F)(F)F)c1. The van der Waals surface area contributed by atoms with Crippen molar-refractivity contribution in [1.29, 1.82) is 0 Å². The van der Waals surface area contributed by atoms with Crippen LogP contribution < -0.4 is 20.3 Å². The molecule has 8 nitrogen and oxygen atoms in total. The normalized spacial score (nSPS) is 14.8. The molecule has 0 aliphatic carbocycles. The number of carbonyl (C=O) groups is 2. The van der Waals surface area contributed by atoms with Crippen molar-refractivity contribution >= 4 is 56.4 Å². The fourth-order valence-corrected chi connectivity index (χ4v) is 5.82. The van der Waals surface area contributed by atoms with Gasteiger partial charge in [-0.25, -0.2) is 0 Å². The van der Waals surface area contributed by atoms with Gasteiger partial charge in [0.1, 0.15) is 11.1 Å². The van der Waals surface area contributed by atoms with Crippen LogP contribution in [0.4, 0.5) is 24.5 Å². The fraction of sp³-hybridized carbons (Fsp3) is 0.0800. The number of hydrogen-bond acceptors (Lipinski definition) is 7. The molecule has 2 aromatic carbocycles. The van der Waals surface area contributed by atoms with Crippen molar-refractivity contribution < 1.29 is 22.8 Å². The van der Waals surface area contributed by atoms with E-state index in [1.165, 1.54) is 28.4 Å². The predicted octanol–water partition coefficient (Wildman–Crippen LogP) is 3.80. The van der Waals surface area contributed by atoms with Gasteiger partial charge in [0.15, 0.2) is 5.82 Å². The number of alkyl halides is 3. The van der Waals surface area contributed by atoms with Gasteiger partial charge in [-0.05, 0) is 35.7 Å². The Morgan fingerprint density at radius 3 is 2.58 bits per heavy atom. The lowest BCUT2D eigenvalue weighted by atomic mass is 10.1. The highest BCUT2D eigenvalue weighted by atomic mass is 32.1. The second kappa shape index (κ2) is 8.89. The molecule has 2 amide bonds. The summed E-state index contributed by atoms with van der Waals surface area (Å²) in [5.41, 5.74) is -0.479. The molecule has 6 rings (SSSR count). The standard InChI is InChI=1S/C25H14F3N5O3S2/c26-25(27,28)13-5-3-6-14(11-13)29-18(34)12-32-16-8-2-1-7-15(16)19(22(32)35)20-23(36)33-24(38-20)30-21(31-33)17-9-4-10-37-17/h1-11H,12H2,(H,29,34)/b20-19-. The third-order valence-electron chi connectivity index (χ3n) is 5.82. The van der Waals surface area contributed by atoms with Crippen LogP contribution in [0.2, 0.25) is 0 Å². The smallest absolute Gasteiger partial charge is 0.325 e. The monoisotopic (exact) mass is 553 g/mol. The van der Waals surface area contributed by atoms with Crippen LogP contribution >= 0.6 is 22.7 Å². The molecule has 0 unspecified atom stereocenters. The maximum atomic E-state index is 13.5. The van der Waals surface area contributed by atoms with E-state index in [1.54, 1.807) is 24.3 Å². The molecule has 0 saturated heterocycles. The van der Waals surface area contributed by atoms with Gasteiger partial charge in [0.2, 0.25) is 10.9 Å². The molecule has 38 heavy (non-hydrogen) atoms. The molecule has 0 radical (unpaired) electrons. The van der Waals surface area contributed by atoms with Crippen LogP contribution in [0.5, 0.6) is 0 Å². The topological polar surface area (TPSA) is 96.7 Å². The van der Waals surface area contributed by atoms with Crippen molar-refractivity contribution in [3.8, 4) is 10.7 Å². The number of thiophene rings is 1. The molecule has 1 aliphatic rings. The molecule has 3 aromatic heterocycles. The van der Waals surface area contributed by atoms with E-state index in [0.717, 1.165) is 32.9 Å². The maximum Gasteiger partial charge on any atom is 0.416 e. The number of rotatable bonds is 4. The summed E-state index contributed by atoms with van der Waals surface area (Å²) in [5, 5.41) is 8.58. The van der Waals surface area contributed by atoms with Crippen molar-refractivity contribution in [2.45, 2.75) is 6.18 Å². The summed E-state index contributed by atoms with van der Waals surface area (Å²) in [7, 11) is 0. The van der Waals surface area contributed by atoms with Crippen molar-refractivity contribution in [2.75, 3.05) is 16.8 Å². The summed E-state index contributed by atoms with van der Waals surface area (Å²) >= 11 is 2.46. The van der Waals surface area contributed by atoms with Crippen LogP contribution in [-0.2, 0) is 15.8 Å². The Balaban J connectivity index is 1.35. The first kappa shape index (κ1) is 24.0. The molecule has 13 heteroatoms. The molecule has 5 aromatic rings. The number of carbonyl (C=O) groups excluding carboxylic acids is 2. The van der Waals surface area contributed by atoms with Gasteiger partial charge in [-0.15, -0.1) is 16.4 Å². The largest absolute Gasteiger partial charge is 0.416 e. The van der Waals surface area contributed by atoms with Crippen LogP contribution in [0.1, 0.15) is 11.1 Å². The molecule has 0 atom stereocenters. The second-order valence-corrected chi connectivity index (χ2v) is 10.2. The van der Waals surface area contributed by atoms with Gasteiger partial charge in [0.25, 0.3) is 11.5 Å². The third kappa shape index (κ3) is 4.05. The summed E-state index contributed by atoms with van der Waals surface area (Å²) < 4.78 is 40.4. The van der Waals surface area contributed by atoms with Gasteiger partial charge in [-0.1, -0.05) is 41.7 Å². The van der Waals surface area contributed by atoms with Crippen LogP contribution in [0.25, 0.3) is 21.2 Å². The molecule has 1 aliphatic heterocycles. The molecule has 190 valence electrons. The summed E-state index contributed by atoms with van der Waals surface area (Å²) in [6, 6.07) is 14.6. The highest BCUT2D eigenvalue weighted by Gasteiger charge is 2.36. The number of amides is 2. The number of para-hydroxylation sites is 1. The first-order valence-electron chi connectivity index (χ1n) is 11.1. The number of benzene rings is 2. The number of aromatic nitrogens is 3. The Labute approximate surface area is 219 Å². The highest BCUT2D eigenvalue weighted by Crippen LogP contribution is 2.35. The van der Waals surface area contributed by atoms with Crippen LogP contribution in [0.15, 0.2) is 70.8 Å². The summed E-state index contributed by atoms with van der Waals surface area (Å²) in [5.74, 6) is -0.865. The van der Waals surface area contributed by atoms with Crippen molar-refractivity contribution in [2.24, 2.45) is 0 Å². The molecule has 0 bridgehead atoms. The van der Waals surface area contributed by atoms with Gasteiger partial charge in [-0.3, -0.25) is 19.3 Å². The molecule has 1 N–H and O–H groups in total. The van der Waals surface area contributed by atoms with Gasteiger partial charge in [0, 0.05) is 11.3 Å². The minimum atomic E-state index is -4.57. The van der Waals surface area contributed by atoms with Gasteiger partial charge < -0.3 is 5.32 Å². The van der Waals surface area contributed by atoms with Crippen molar-refractivity contribution in [3.63, 3.8) is 0 Å². The fourth-order valence-electron chi connectivity index (χ4n) is 4.17. The first-order valence-corrected chi connectivity index (χ1v) is 12.8. The Morgan fingerprint density at radius 2 is 1.84 bits per heavy atom. The van der Waals surface area contributed by atoms with Gasteiger partial charge in [-0.2, -0.15) is 22.7 Å². The molecular weight excluding hydrogens is 539 g/mol. The van der Waals surface area contributed by atoms with Crippen LogP contribution in [0.3, 0.4) is 0 Å². The van der Waals surface area contributed by atoms with E-state index >= 15 is 0 Å².